The molecule has 32 heavy (non-hydrogen) atoms. The summed E-state index contributed by atoms with van der Waals surface area (Å²) in [7, 11) is -2.72. The van der Waals surface area contributed by atoms with Crippen LogP contribution < -0.4 is 14.4 Å². The summed E-state index contributed by atoms with van der Waals surface area (Å²) in [4.78, 5) is 27.2. The monoisotopic (exact) mass is 482 g/mol. The Morgan fingerprint density at radius 3 is 2.59 bits per heavy atom. The molecule has 4 rings (SSSR count). The summed E-state index contributed by atoms with van der Waals surface area (Å²) >= 11 is 6.15. The molecule has 0 bridgehead atoms. The first-order valence-electron chi connectivity index (χ1n) is 10.1. The third kappa shape index (κ3) is 3.69. The van der Waals surface area contributed by atoms with E-state index in [0.29, 0.717) is 30.4 Å². The molecule has 1 aromatic carbocycles. The van der Waals surface area contributed by atoms with Crippen molar-refractivity contribution in [2.75, 3.05) is 31.2 Å². The summed E-state index contributed by atoms with van der Waals surface area (Å²) < 4.78 is 39.6. The zero-order valence-electron chi connectivity index (χ0n) is 17.9. The van der Waals surface area contributed by atoms with Gasteiger partial charge in [-0.05, 0) is 26.0 Å². The lowest BCUT2D eigenvalue weighted by atomic mass is 10.1. The molecule has 2 aliphatic heterocycles. The van der Waals surface area contributed by atoms with Crippen molar-refractivity contribution in [1.29, 1.82) is 0 Å². The van der Waals surface area contributed by atoms with E-state index < -0.39 is 21.8 Å². The molecule has 0 radical (unpaired) electrons. The Morgan fingerprint density at radius 2 is 1.97 bits per heavy atom. The molecule has 1 fully saturated rings. The highest BCUT2D eigenvalue weighted by atomic mass is 35.5. The summed E-state index contributed by atoms with van der Waals surface area (Å²) in [5.41, 5.74) is 0.760. The minimum absolute atomic E-state index is 0.0586. The molecular weight excluding hydrogens is 460 g/mol. The second-order valence-corrected chi connectivity index (χ2v) is 9.73. The Balaban J connectivity index is 1.58. The highest BCUT2D eigenvalue weighted by Crippen LogP contribution is 2.37. The molecule has 172 valence electrons. The fraction of sp³-hybridized carbons (Fsp3) is 0.450. The fourth-order valence-electron chi connectivity index (χ4n) is 3.98. The minimum Gasteiger partial charge on any atom is -0.486 e. The number of ether oxygens (including phenoxy) is 2. The highest BCUT2D eigenvalue weighted by Gasteiger charge is 2.42. The van der Waals surface area contributed by atoms with Gasteiger partial charge in [0.1, 0.15) is 23.3 Å². The van der Waals surface area contributed by atoms with Gasteiger partial charge in [-0.3, -0.25) is 14.3 Å². The Bertz CT molecular complexity index is 1190. The molecule has 2 amide bonds. The number of nitrogens with zero attached hydrogens (tertiary/aromatic N) is 4. The molecule has 0 saturated carbocycles. The molecule has 2 aromatic rings. The van der Waals surface area contributed by atoms with E-state index in [1.54, 1.807) is 25.1 Å². The number of aryl methyl sites for hydroxylation is 2. The molecule has 1 aromatic heterocycles. The molecular formula is C20H23ClN4O6S. The van der Waals surface area contributed by atoms with Crippen molar-refractivity contribution in [1.82, 2.24) is 14.1 Å². The summed E-state index contributed by atoms with van der Waals surface area (Å²) in [6.07, 6.45) is -0.0982. The van der Waals surface area contributed by atoms with E-state index in [9.17, 15) is 18.0 Å². The average molecular weight is 483 g/mol. The van der Waals surface area contributed by atoms with Crippen LogP contribution >= 0.6 is 11.6 Å². The van der Waals surface area contributed by atoms with Gasteiger partial charge in [-0.2, -0.15) is 5.10 Å². The Labute approximate surface area is 190 Å². The molecule has 0 N–H and O–H groups in total. The van der Waals surface area contributed by atoms with Crippen LogP contribution in [0.4, 0.5) is 5.69 Å². The van der Waals surface area contributed by atoms with Crippen molar-refractivity contribution in [3.8, 4) is 11.5 Å². The van der Waals surface area contributed by atoms with Crippen LogP contribution in [0, 0.1) is 12.8 Å². The highest BCUT2D eigenvalue weighted by molar-refractivity contribution is 7.89. The normalized spacial score (nSPS) is 18.2. The SMILES string of the molecule is CCN(C(=O)C1CC(=O)N(c2ccc3c(c2)OCCO3)C1)S(=O)(=O)c1c(C)nn(C)c1Cl. The van der Waals surface area contributed by atoms with E-state index >= 15 is 0 Å². The van der Waals surface area contributed by atoms with Gasteiger partial charge in [-0.25, -0.2) is 12.7 Å². The second kappa shape index (κ2) is 8.28. The van der Waals surface area contributed by atoms with Gasteiger partial charge in [0, 0.05) is 38.3 Å². The van der Waals surface area contributed by atoms with Crippen LogP contribution in [-0.4, -0.2) is 60.6 Å². The molecule has 1 saturated heterocycles. The number of rotatable bonds is 5. The number of benzene rings is 1. The van der Waals surface area contributed by atoms with E-state index in [2.05, 4.69) is 5.10 Å². The Morgan fingerprint density at radius 1 is 1.28 bits per heavy atom. The second-order valence-electron chi connectivity index (χ2n) is 7.57. The van der Waals surface area contributed by atoms with Crippen LogP contribution in [0.15, 0.2) is 23.1 Å². The molecule has 1 unspecified atom stereocenters. The number of anilines is 1. The molecule has 10 nitrogen and oxygen atoms in total. The smallest absolute Gasteiger partial charge is 0.271 e. The maximum Gasteiger partial charge on any atom is 0.271 e. The van der Waals surface area contributed by atoms with Crippen molar-refractivity contribution < 1.29 is 27.5 Å². The standard InChI is InChI=1S/C20H23ClN4O6S/c1-4-25(32(28,29)18-12(2)22-23(3)19(18)21)20(27)13-9-17(26)24(11-13)14-5-6-15-16(10-14)31-8-7-30-15/h5-6,10,13H,4,7-9,11H2,1-3H3. The molecule has 0 spiro atoms. The van der Waals surface area contributed by atoms with E-state index in [1.165, 1.54) is 23.6 Å². The average Bonchev–Trinajstić information content (AvgIpc) is 3.26. The minimum atomic E-state index is -4.24. The zero-order valence-corrected chi connectivity index (χ0v) is 19.4. The largest absolute Gasteiger partial charge is 0.486 e. The lowest BCUT2D eigenvalue weighted by molar-refractivity contribution is -0.131. The fourth-order valence-corrected chi connectivity index (χ4v) is 6.16. The summed E-state index contributed by atoms with van der Waals surface area (Å²) in [6.45, 7) is 3.90. The van der Waals surface area contributed by atoms with Crippen molar-refractivity contribution in [3.63, 3.8) is 0 Å². The molecule has 1 atom stereocenters. The van der Waals surface area contributed by atoms with Gasteiger partial charge in [0.05, 0.1) is 11.6 Å². The third-order valence-electron chi connectivity index (χ3n) is 5.49. The number of hydrogen-bond donors (Lipinski definition) is 0. The van der Waals surface area contributed by atoms with E-state index in [1.807, 2.05) is 0 Å². The van der Waals surface area contributed by atoms with Gasteiger partial charge in [-0.15, -0.1) is 0 Å². The van der Waals surface area contributed by atoms with E-state index in [4.69, 9.17) is 21.1 Å². The number of hydrogen-bond acceptors (Lipinski definition) is 7. The zero-order chi connectivity index (χ0) is 23.2. The quantitative estimate of drug-likeness (QED) is 0.638. The lowest BCUT2D eigenvalue weighted by Gasteiger charge is -2.24. The number of fused-ring (bicyclic) bond motifs is 1. The van der Waals surface area contributed by atoms with Crippen LogP contribution in [0.1, 0.15) is 19.0 Å². The number of halogens is 1. The predicted octanol–water partition coefficient (Wildman–Crippen LogP) is 1.74. The topological polar surface area (TPSA) is 111 Å². The van der Waals surface area contributed by atoms with Gasteiger partial charge in [0.15, 0.2) is 11.5 Å². The first-order valence-corrected chi connectivity index (χ1v) is 11.9. The van der Waals surface area contributed by atoms with Crippen molar-refractivity contribution >= 4 is 39.1 Å². The van der Waals surface area contributed by atoms with Crippen LogP contribution in [0.3, 0.4) is 0 Å². The van der Waals surface area contributed by atoms with Crippen molar-refractivity contribution in [2.24, 2.45) is 13.0 Å². The number of carbonyl (C=O) groups excluding carboxylic acids is 2. The number of carbonyl (C=O) groups is 2. The van der Waals surface area contributed by atoms with E-state index in [-0.39, 0.29) is 41.2 Å². The van der Waals surface area contributed by atoms with Crippen LogP contribution in [0.25, 0.3) is 0 Å². The first kappa shape index (κ1) is 22.4. The van der Waals surface area contributed by atoms with Gasteiger partial charge < -0.3 is 14.4 Å². The maximum absolute atomic E-state index is 13.2. The first-order chi connectivity index (χ1) is 15.1. The van der Waals surface area contributed by atoms with Gasteiger partial charge >= 0.3 is 0 Å². The molecule has 12 heteroatoms. The van der Waals surface area contributed by atoms with Gasteiger partial charge in [-0.1, -0.05) is 11.6 Å². The lowest BCUT2D eigenvalue weighted by Crippen LogP contribution is -2.41. The third-order valence-corrected chi connectivity index (χ3v) is 8.06. The Kier molecular flexibility index (Phi) is 5.80. The van der Waals surface area contributed by atoms with Crippen LogP contribution in [0.2, 0.25) is 5.15 Å². The van der Waals surface area contributed by atoms with Crippen molar-refractivity contribution in [3.05, 3.63) is 29.0 Å². The van der Waals surface area contributed by atoms with Gasteiger partial charge in [0.2, 0.25) is 11.8 Å². The van der Waals surface area contributed by atoms with Crippen LogP contribution in [0.5, 0.6) is 11.5 Å². The summed E-state index contributed by atoms with van der Waals surface area (Å²) in [5.74, 6) is -0.632. The van der Waals surface area contributed by atoms with E-state index in [0.717, 1.165) is 4.31 Å². The maximum atomic E-state index is 13.2. The summed E-state index contributed by atoms with van der Waals surface area (Å²) in [5, 5.41) is 3.96. The van der Waals surface area contributed by atoms with Crippen LogP contribution in [-0.2, 0) is 26.7 Å². The van der Waals surface area contributed by atoms with Gasteiger partial charge in [0.25, 0.3) is 10.0 Å². The number of amides is 2. The molecule has 0 aliphatic carbocycles. The molecule has 3 heterocycles. The predicted molar refractivity (Wildman–Crippen MR) is 115 cm³/mol. The Hall–Kier alpha value is -2.79. The number of aromatic nitrogens is 2. The summed E-state index contributed by atoms with van der Waals surface area (Å²) in [6, 6.07) is 5.11. The molecule has 2 aliphatic rings. The van der Waals surface area contributed by atoms with Crippen molar-refractivity contribution in [2.45, 2.75) is 25.2 Å². The number of sulfonamides is 1.